The van der Waals surface area contributed by atoms with Crippen molar-refractivity contribution in [1.29, 1.82) is 0 Å². The molecule has 0 saturated carbocycles. The third kappa shape index (κ3) is 18.1. The van der Waals surface area contributed by atoms with Gasteiger partial charge in [-0.25, -0.2) is 0 Å². The van der Waals surface area contributed by atoms with E-state index in [9.17, 15) is 10.2 Å². The van der Waals surface area contributed by atoms with E-state index in [1.54, 1.807) is 0 Å². The average molecular weight is 329 g/mol. The van der Waals surface area contributed by atoms with E-state index in [0.717, 1.165) is 12.8 Å². The van der Waals surface area contributed by atoms with Gasteiger partial charge < -0.3 is 10.2 Å². The first-order valence-corrected chi connectivity index (χ1v) is 10.6. The summed E-state index contributed by atoms with van der Waals surface area (Å²) in [6, 6.07) is 0. The minimum atomic E-state index is -1.42. The quantitative estimate of drug-likeness (QED) is 0.216. The standard InChI is InChI=1S/C21H44O2/c1-3-5-6-7-8-9-10-11-12-13-14-15-16-17-18-19-20-21(22,23)4-2/h22-23H,3-20H2,1-2H3. The number of rotatable bonds is 18. The molecule has 0 unspecified atom stereocenters. The van der Waals surface area contributed by atoms with Gasteiger partial charge in [-0.1, -0.05) is 110 Å². The molecule has 0 aliphatic heterocycles. The molecule has 2 nitrogen and oxygen atoms in total. The summed E-state index contributed by atoms with van der Waals surface area (Å²) in [5, 5.41) is 19.0. The zero-order valence-corrected chi connectivity index (χ0v) is 16.1. The highest BCUT2D eigenvalue weighted by Crippen LogP contribution is 2.17. The first-order chi connectivity index (χ1) is 11.1. The molecule has 0 rings (SSSR count). The fourth-order valence-electron chi connectivity index (χ4n) is 3.13. The van der Waals surface area contributed by atoms with Gasteiger partial charge in [-0.05, 0) is 12.8 Å². The maximum Gasteiger partial charge on any atom is 0.162 e. The molecule has 0 aromatic carbocycles. The molecule has 0 bridgehead atoms. The molecule has 0 aromatic rings. The summed E-state index contributed by atoms with van der Waals surface area (Å²) in [6.07, 6.45) is 22.6. The first-order valence-electron chi connectivity index (χ1n) is 10.6. The summed E-state index contributed by atoms with van der Waals surface area (Å²) in [7, 11) is 0. The zero-order chi connectivity index (χ0) is 17.2. The van der Waals surface area contributed by atoms with Crippen molar-refractivity contribution in [2.45, 2.75) is 135 Å². The number of unbranched alkanes of at least 4 members (excludes halogenated alkanes) is 15. The monoisotopic (exact) mass is 328 g/mol. The van der Waals surface area contributed by atoms with Crippen LogP contribution in [0.25, 0.3) is 0 Å². The second-order valence-electron chi connectivity index (χ2n) is 7.39. The predicted molar refractivity (Wildman–Crippen MR) is 102 cm³/mol. The van der Waals surface area contributed by atoms with Crippen LogP contribution in [0.15, 0.2) is 0 Å². The van der Waals surface area contributed by atoms with Crippen LogP contribution in [-0.2, 0) is 0 Å². The summed E-state index contributed by atoms with van der Waals surface area (Å²) in [6.45, 7) is 4.10. The Balaban J connectivity index is 3.05. The summed E-state index contributed by atoms with van der Waals surface area (Å²) in [5.74, 6) is -1.42. The number of hydrogen-bond acceptors (Lipinski definition) is 2. The van der Waals surface area contributed by atoms with E-state index < -0.39 is 5.79 Å². The molecule has 0 aromatic heterocycles. The number of hydrogen-bond donors (Lipinski definition) is 2. The van der Waals surface area contributed by atoms with Crippen LogP contribution in [0.4, 0.5) is 0 Å². The Kier molecular flexibility index (Phi) is 16.7. The summed E-state index contributed by atoms with van der Waals surface area (Å²) in [4.78, 5) is 0. The molecule has 2 N–H and O–H groups in total. The van der Waals surface area contributed by atoms with Gasteiger partial charge in [0.25, 0.3) is 0 Å². The van der Waals surface area contributed by atoms with Crippen LogP contribution < -0.4 is 0 Å². The fraction of sp³-hybridized carbons (Fsp3) is 1.00. The zero-order valence-electron chi connectivity index (χ0n) is 16.1. The highest BCUT2D eigenvalue weighted by Gasteiger charge is 2.18. The molecule has 0 saturated heterocycles. The SMILES string of the molecule is CCCCCCCCCCCCCCCCCCC(O)(O)CC. The van der Waals surface area contributed by atoms with E-state index in [1.165, 1.54) is 89.9 Å². The van der Waals surface area contributed by atoms with Crippen LogP contribution in [0, 0.1) is 0 Å². The third-order valence-corrected chi connectivity index (χ3v) is 5.00. The van der Waals surface area contributed by atoms with Gasteiger partial charge in [0.1, 0.15) is 0 Å². The van der Waals surface area contributed by atoms with Crippen molar-refractivity contribution in [3.8, 4) is 0 Å². The lowest BCUT2D eigenvalue weighted by Gasteiger charge is -2.19. The minimum Gasteiger partial charge on any atom is -0.366 e. The number of aliphatic hydroxyl groups is 2. The molecule has 23 heavy (non-hydrogen) atoms. The summed E-state index contributed by atoms with van der Waals surface area (Å²) >= 11 is 0. The summed E-state index contributed by atoms with van der Waals surface area (Å²) in [5.41, 5.74) is 0. The van der Waals surface area contributed by atoms with Crippen molar-refractivity contribution in [3.05, 3.63) is 0 Å². The second-order valence-corrected chi connectivity index (χ2v) is 7.39. The molecule has 0 heterocycles. The van der Waals surface area contributed by atoms with Crippen molar-refractivity contribution < 1.29 is 10.2 Å². The lowest BCUT2D eigenvalue weighted by atomic mass is 10.0. The van der Waals surface area contributed by atoms with Gasteiger partial charge in [-0.15, -0.1) is 0 Å². The topological polar surface area (TPSA) is 40.5 Å². The Hall–Kier alpha value is -0.0800. The Morgan fingerprint density at radius 2 is 0.783 bits per heavy atom. The van der Waals surface area contributed by atoms with Crippen molar-refractivity contribution in [1.82, 2.24) is 0 Å². The van der Waals surface area contributed by atoms with Crippen molar-refractivity contribution in [2.24, 2.45) is 0 Å². The molecular formula is C21H44O2. The predicted octanol–water partition coefficient (Wildman–Crippen LogP) is 6.73. The van der Waals surface area contributed by atoms with Gasteiger partial charge in [0.05, 0.1) is 0 Å². The molecular weight excluding hydrogens is 284 g/mol. The molecule has 0 aliphatic carbocycles. The van der Waals surface area contributed by atoms with Crippen LogP contribution >= 0.6 is 0 Å². The Morgan fingerprint density at radius 3 is 1.09 bits per heavy atom. The van der Waals surface area contributed by atoms with Gasteiger partial charge >= 0.3 is 0 Å². The fourth-order valence-corrected chi connectivity index (χ4v) is 3.13. The summed E-state index contributed by atoms with van der Waals surface area (Å²) < 4.78 is 0. The van der Waals surface area contributed by atoms with E-state index in [2.05, 4.69) is 6.92 Å². The normalized spacial score (nSPS) is 12.0. The van der Waals surface area contributed by atoms with Gasteiger partial charge in [0.2, 0.25) is 0 Å². The molecule has 0 amide bonds. The molecule has 0 atom stereocenters. The van der Waals surface area contributed by atoms with Gasteiger partial charge in [0, 0.05) is 6.42 Å². The largest absolute Gasteiger partial charge is 0.366 e. The second kappa shape index (κ2) is 16.8. The Labute approximate surface area is 146 Å². The van der Waals surface area contributed by atoms with E-state index in [-0.39, 0.29) is 0 Å². The van der Waals surface area contributed by atoms with Gasteiger partial charge in [-0.3, -0.25) is 0 Å². The lowest BCUT2D eigenvalue weighted by Crippen LogP contribution is -2.26. The molecule has 0 aliphatic rings. The van der Waals surface area contributed by atoms with Crippen molar-refractivity contribution >= 4 is 0 Å². The van der Waals surface area contributed by atoms with Crippen LogP contribution in [-0.4, -0.2) is 16.0 Å². The van der Waals surface area contributed by atoms with Crippen molar-refractivity contribution in [2.75, 3.05) is 0 Å². The lowest BCUT2D eigenvalue weighted by molar-refractivity contribution is -0.167. The van der Waals surface area contributed by atoms with Gasteiger partial charge in [0.15, 0.2) is 5.79 Å². The average Bonchev–Trinajstić information content (AvgIpc) is 2.54. The highest BCUT2D eigenvalue weighted by atomic mass is 16.5. The van der Waals surface area contributed by atoms with Crippen molar-refractivity contribution in [3.63, 3.8) is 0 Å². The van der Waals surface area contributed by atoms with Gasteiger partial charge in [-0.2, -0.15) is 0 Å². The molecule has 2 heteroatoms. The van der Waals surface area contributed by atoms with E-state index in [0.29, 0.717) is 12.8 Å². The van der Waals surface area contributed by atoms with E-state index >= 15 is 0 Å². The van der Waals surface area contributed by atoms with E-state index in [1.807, 2.05) is 6.92 Å². The van der Waals surface area contributed by atoms with E-state index in [4.69, 9.17) is 0 Å². The van der Waals surface area contributed by atoms with Crippen LogP contribution in [0.2, 0.25) is 0 Å². The molecule has 140 valence electrons. The molecule has 0 spiro atoms. The highest BCUT2D eigenvalue weighted by molar-refractivity contribution is 4.61. The molecule has 0 fully saturated rings. The van der Waals surface area contributed by atoms with Crippen LogP contribution in [0.5, 0.6) is 0 Å². The van der Waals surface area contributed by atoms with Crippen LogP contribution in [0.3, 0.4) is 0 Å². The third-order valence-electron chi connectivity index (χ3n) is 5.00. The Bertz CT molecular complexity index is 226. The maximum atomic E-state index is 9.49. The molecule has 0 radical (unpaired) electrons. The maximum absolute atomic E-state index is 9.49. The first kappa shape index (κ1) is 22.9. The smallest absolute Gasteiger partial charge is 0.162 e. The Morgan fingerprint density at radius 1 is 0.478 bits per heavy atom. The minimum absolute atomic E-state index is 0.436. The van der Waals surface area contributed by atoms with Crippen LogP contribution in [0.1, 0.15) is 129 Å².